The fourth-order valence-electron chi connectivity index (χ4n) is 3.55. The van der Waals surface area contributed by atoms with Crippen LogP contribution in [0.25, 0.3) is 21.9 Å². The lowest BCUT2D eigenvalue weighted by atomic mass is 10.00. The number of esters is 3. The molecule has 0 aliphatic heterocycles. The minimum absolute atomic E-state index is 0.196. The van der Waals surface area contributed by atoms with E-state index in [4.69, 9.17) is 23.7 Å². The van der Waals surface area contributed by atoms with Crippen molar-refractivity contribution in [1.29, 1.82) is 0 Å². The van der Waals surface area contributed by atoms with E-state index in [0.29, 0.717) is 28.4 Å². The highest BCUT2D eigenvalue weighted by Crippen LogP contribution is 2.28. The first kappa shape index (κ1) is 27.7. The molecule has 0 spiro atoms. The molecule has 0 atom stereocenters. The molecule has 0 N–H and O–H groups in total. The number of fused-ring (bicyclic) bond motifs is 1. The summed E-state index contributed by atoms with van der Waals surface area (Å²) >= 11 is 0. The van der Waals surface area contributed by atoms with Gasteiger partial charge in [-0.1, -0.05) is 43.5 Å². The highest BCUT2D eigenvalue weighted by molar-refractivity contribution is 5.92. The molecule has 40 heavy (non-hydrogen) atoms. The van der Waals surface area contributed by atoms with E-state index >= 15 is 0 Å². The van der Waals surface area contributed by atoms with Crippen molar-refractivity contribution in [3.05, 3.63) is 115 Å². The van der Waals surface area contributed by atoms with Crippen LogP contribution in [-0.2, 0) is 19.1 Å². The smallest absolute Gasteiger partial charge is 0.343 e. The highest BCUT2D eigenvalue weighted by Gasteiger charge is 2.10. The lowest BCUT2D eigenvalue weighted by Gasteiger charge is -2.10. The summed E-state index contributed by atoms with van der Waals surface area (Å²) < 4.78 is 26.0. The van der Waals surface area contributed by atoms with Crippen molar-refractivity contribution < 1.29 is 38.1 Å². The maximum Gasteiger partial charge on any atom is 0.343 e. The third kappa shape index (κ3) is 7.35. The molecule has 202 valence electrons. The normalized spacial score (nSPS) is 10.3. The van der Waals surface area contributed by atoms with Crippen molar-refractivity contribution in [2.75, 3.05) is 13.6 Å². The second kappa shape index (κ2) is 12.9. The van der Waals surface area contributed by atoms with Crippen LogP contribution in [0.1, 0.15) is 17.3 Å². The predicted octanol–water partition coefficient (Wildman–Crippen LogP) is 6.25. The first-order valence-corrected chi connectivity index (χ1v) is 12.2. The van der Waals surface area contributed by atoms with Crippen molar-refractivity contribution in [2.45, 2.75) is 6.92 Å². The number of hydrogen-bond donors (Lipinski definition) is 0. The van der Waals surface area contributed by atoms with E-state index in [9.17, 15) is 14.4 Å². The summed E-state index contributed by atoms with van der Waals surface area (Å²) in [5, 5.41) is 1.96. The van der Waals surface area contributed by atoms with Gasteiger partial charge >= 0.3 is 17.9 Å². The molecule has 0 unspecified atom stereocenters. The van der Waals surface area contributed by atoms with Gasteiger partial charge in [-0.15, -0.1) is 0 Å². The first-order chi connectivity index (χ1) is 19.3. The molecule has 0 radical (unpaired) electrons. The SMILES string of the molecule is C=CC(=O)OCOc1ccc(OC(=O)c2ccc(-c3ccc4cc(OCOC(=O)C(=C)C)ccc4c3)cc2)cc1. The fourth-order valence-corrected chi connectivity index (χ4v) is 3.55. The highest BCUT2D eigenvalue weighted by atomic mass is 16.7. The van der Waals surface area contributed by atoms with Gasteiger partial charge in [0.2, 0.25) is 13.6 Å². The molecular weight excluding hydrogens is 512 g/mol. The number of rotatable bonds is 11. The van der Waals surface area contributed by atoms with Gasteiger partial charge in [-0.25, -0.2) is 14.4 Å². The average Bonchev–Trinajstić information content (AvgIpc) is 2.97. The van der Waals surface area contributed by atoms with E-state index in [-0.39, 0.29) is 13.6 Å². The number of ether oxygens (including phenoxy) is 5. The van der Waals surface area contributed by atoms with Crippen LogP contribution >= 0.6 is 0 Å². The molecule has 4 aromatic carbocycles. The Kier molecular flexibility index (Phi) is 8.94. The maximum absolute atomic E-state index is 12.6. The third-order valence-corrected chi connectivity index (χ3v) is 5.66. The van der Waals surface area contributed by atoms with Crippen molar-refractivity contribution >= 4 is 28.7 Å². The number of benzene rings is 4. The molecule has 8 nitrogen and oxygen atoms in total. The van der Waals surface area contributed by atoms with Gasteiger partial charge < -0.3 is 23.7 Å². The van der Waals surface area contributed by atoms with Crippen LogP contribution in [0.2, 0.25) is 0 Å². The monoisotopic (exact) mass is 538 g/mol. The summed E-state index contributed by atoms with van der Waals surface area (Å²) in [4.78, 5) is 35.1. The van der Waals surface area contributed by atoms with Gasteiger partial charge in [-0.05, 0) is 83.4 Å². The summed E-state index contributed by atoms with van der Waals surface area (Å²) in [6.45, 7) is 7.96. The van der Waals surface area contributed by atoms with Crippen molar-refractivity contribution in [1.82, 2.24) is 0 Å². The summed E-state index contributed by atoms with van der Waals surface area (Å²) in [6.07, 6.45) is 1.04. The lowest BCUT2D eigenvalue weighted by molar-refractivity contribution is -0.145. The first-order valence-electron chi connectivity index (χ1n) is 12.2. The van der Waals surface area contributed by atoms with Gasteiger partial charge in [0.25, 0.3) is 0 Å². The maximum atomic E-state index is 12.6. The zero-order valence-electron chi connectivity index (χ0n) is 21.8. The number of carbonyl (C=O) groups is 3. The van der Waals surface area contributed by atoms with E-state index in [2.05, 4.69) is 13.2 Å². The molecule has 0 aliphatic rings. The van der Waals surface area contributed by atoms with E-state index in [1.807, 2.05) is 42.5 Å². The molecule has 0 fully saturated rings. The Hall–Kier alpha value is -5.37. The van der Waals surface area contributed by atoms with Crippen LogP contribution in [0.3, 0.4) is 0 Å². The quantitative estimate of drug-likeness (QED) is 0.0957. The summed E-state index contributed by atoms with van der Waals surface area (Å²) in [7, 11) is 0. The largest absolute Gasteiger partial charge is 0.457 e. The van der Waals surface area contributed by atoms with Gasteiger partial charge in [0.1, 0.15) is 17.2 Å². The van der Waals surface area contributed by atoms with Crippen molar-refractivity contribution in [3.8, 4) is 28.4 Å². The summed E-state index contributed by atoms with van der Waals surface area (Å²) in [5.74, 6) is -0.219. The van der Waals surface area contributed by atoms with Gasteiger partial charge in [0, 0.05) is 11.6 Å². The van der Waals surface area contributed by atoms with E-state index in [1.54, 1.807) is 49.4 Å². The molecule has 4 rings (SSSR count). The Labute approximate surface area is 231 Å². The molecule has 0 saturated heterocycles. The molecule has 4 aromatic rings. The fraction of sp³-hybridized carbons (Fsp3) is 0.0938. The molecule has 0 aromatic heterocycles. The third-order valence-electron chi connectivity index (χ3n) is 5.66. The second-order valence-electron chi connectivity index (χ2n) is 8.57. The van der Waals surface area contributed by atoms with Gasteiger partial charge in [-0.2, -0.15) is 0 Å². The molecule has 0 aliphatic carbocycles. The predicted molar refractivity (Wildman–Crippen MR) is 149 cm³/mol. The topological polar surface area (TPSA) is 97.4 Å². The zero-order valence-corrected chi connectivity index (χ0v) is 21.8. The van der Waals surface area contributed by atoms with E-state index in [0.717, 1.165) is 28.0 Å². The number of hydrogen-bond acceptors (Lipinski definition) is 8. The van der Waals surface area contributed by atoms with Crippen LogP contribution < -0.4 is 14.2 Å². The zero-order chi connectivity index (χ0) is 28.5. The summed E-state index contributed by atoms with van der Waals surface area (Å²) in [5.41, 5.74) is 2.62. The van der Waals surface area contributed by atoms with Crippen LogP contribution in [0, 0.1) is 0 Å². The molecule has 0 saturated carbocycles. The number of carbonyl (C=O) groups excluding carboxylic acids is 3. The Morgan fingerprint density at radius 2 is 1.27 bits per heavy atom. The standard InChI is InChI=1S/C32H26O8/c1-4-30(33)38-19-36-27-13-15-28(16-14-27)40-32(35)23-7-5-22(6-8-23)24-9-10-26-18-29(12-11-25(26)17-24)37-20-39-31(34)21(2)3/h4-18H,1-2,19-20H2,3H3. The molecule has 8 heteroatoms. The van der Waals surface area contributed by atoms with Crippen LogP contribution in [0.15, 0.2) is 110 Å². The van der Waals surface area contributed by atoms with Gasteiger partial charge in [-0.3, -0.25) is 0 Å². The van der Waals surface area contributed by atoms with Crippen molar-refractivity contribution in [3.63, 3.8) is 0 Å². The molecule has 0 amide bonds. The Morgan fingerprint density at radius 3 is 1.98 bits per heavy atom. The minimum Gasteiger partial charge on any atom is -0.457 e. The van der Waals surface area contributed by atoms with E-state index in [1.165, 1.54) is 0 Å². The Bertz CT molecular complexity index is 1550. The summed E-state index contributed by atoms with van der Waals surface area (Å²) in [6, 6.07) is 25.0. The molecular formula is C32H26O8. The van der Waals surface area contributed by atoms with Crippen molar-refractivity contribution in [2.24, 2.45) is 0 Å². The Morgan fingerprint density at radius 1 is 0.700 bits per heavy atom. The molecule has 0 bridgehead atoms. The minimum atomic E-state index is -0.585. The molecule has 0 heterocycles. The van der Waals surface area contributed by atoms with E-state index < -0.39 is 17.9 Å². The van der Waals surface area contributed by atoms with Crippen LogP contribution in [0.4, 0.5) is 0 Å². The van der Waals surface area contributed by atoms with Gasteiger partial charge in [0.15, 0.2) is 0 Å². The van der Waals surface area contributed by atoms with Gasteiger partial charge in [0.05, 0.1) is 5.56 Å². The second-order valence-corrected chi connectivity index (χ2v) is 8.57. The lowest BCUT2D eigenvalue weighted by Crippen LogP contribution is -2.10. The average molecular weight is 539 g/mol. The van der Waals surface area contributed by atoms with Crippen LogP contribution in [-0.4, -0.2) is 31.5 Å². The Balaban J connectivity index is 1.34. The van der Waals surface area contributed by atoms with Crippen LogP contribution in [0.5, 0.6) is 17.2 Å².